The van der Waals surface area contributed by atoms with Gasteiger partial charge in [-0.1, -0.05) is 18.2 Å². The normalized spacial score (nSPS) is 18.1. The number of hydrogen-bond acceptors (Lipinski definition) is 4. The van der Waals surface area contributed by atoms with Gasteiger partial charge in [0.25, 0.3) is 5.91 Å². The molecule has 1 aromatic carbocycles. The van der Waals surface area contributed by atoms with Crippen LogP contribution in [-0.4, -0.2) is 42.5 Å². The average Bonchev–Trinajstić information content (AvgIpc) is 2.99. The van der Waals surface area contributed by atoms with Crippen molar-refractivity contribution < 1.29 is 4.79 Å². The van der Waals surface area contributed by atoms with Crippen LogP contribution >= 0.6 is 11.3 Å². The van der Waals surface area contributed by atoms with E-state index in [-0.39, 0.29) is 5.91 Å². The molecule has 2 aromatic rings. The standard InChI is InChI=1S/C15H17N3OS/c1-17(2)12-7-11-5-3-4-6-14(11)18(8-12)15(19)13-9-20-10-16-13/h3-6,9-10,12H,7-8H2,1-2H3/t12-/m0/s1. The van der Waals surface area contributed by atoms with Gasteiger partial charge in [-0.3, -0.25) is 4.79 Å². The molecule has 0 N–H and O–H groups in total. The Morgan fingerprint density at radius 3 is 2.90 bits per heavy atom. The summed E-state index contributed by atoms with van der Waals surface area (Å²) in [7, 11) is 4.12. The molecule has 104 valence electrons. The van der Waals surface area contributed by atoms with Crippen LogP contribution in [0.25, 0.3) is 0 Å². The maximum Gasteiger partial charge on any atom is 0.277 e. The fourth-order valence-electron chi connectivity index (χ4n) is 2.57. The van der Waals surface area contributed by atoms with Crippen molar-refractivity contribution in [2.75, 3.05) is 25.5 Å². The maximum atomic E-state index is 12.6. The summed E-state index contributed by atoms with van der Waals surface area (Å²) in [5.41, 5.74) is 4.47. The molecule has 0 unspecified atom stereocenters. The number of aromatic nitrogens is 1. The van der Waals surface area contributed by atoms with Crippen molar-refractivity contribution in [2.45, 2.75) is 12.5 Å². The van der Waals surface area contributed by atoms with Crippen molar-refractivity contribution in [3.05, 3.63) is 46.4 Å². The first-order valence-electron chi connectivity index (χ1n) is 6.61. The number of carbonyl (C=O) groups is 1. The first-order valence-corrected chi connectivity index (χ1v) is 7.55. The van der Waals surface area contributed by atoms with Gasteiger partial charge in [0.15, 0.2) is 0 Å². The molecular weight excluding hydrogens is 270 g/mol. The lowest BCUT2D eigenvalue weighted by molar-refractivity contribution is 0.0972. The number of anilines is 1. The van der Waals surface area contributed by atoms with Crippen molar-refractivity contribution in [3.8, 4) is 0 Å². The van der Waals surface area contributed by atoms with E-state index in [1.807, 2.05) is 28.5 Å². The van der Waals surface area contributed by atoms with Gasteiger partial charge in [-0.25, -0.2) is 4.98 Å². The van der Waals surface area contributed by atoms with Crippen molar-refractivity contribution in [3.63, 3.8) is 0 Å². The minimum absolute atomic E-state index is 0.00903. The molecule has 2 heterocycles. The van der Waals surface area contributed by atoms with E-state index < -0.39 is 0 Å². The molecule has 0 spiro atoms. The van der Waals surface area contributed by atoms with Gasteiger partial charge in [0, 0.05) is 23.7 Å². The summed E-state index contributed by atoms with van der Waals surface area (Å²) in [5.74, 6) is -0.00903. The zero-order chi connectivity index (χ0) is 14.1. The Hall–Kier alpha value is -1.72. The number of benzene rings is 1. The minimum atomic E-state index is -0.00903. The van der Waals surface area contributed by atoms with Crippen LogP contribution in [0.5, 0.6) is 0 Å². The molecule has 4 nitrogen and oxygen atoms in total. The van der Waals surface area contributed by atoms with Gasteiger partial charge in [-0.2, -0.15) is 0 Å². The van der Waals surface area contributed by atoms with Gasteiger partial charge in [-0.05, 0) is 32.1 Å². The predicted molar refractivity (Wildman–Crippen MR) is 81.4 cm³/mol. The molecular formula is C15H17N3OS. The third-order valence-electron chi connectivity index (χ3n) is 3.76. The van der Waals surface area contributed by atoms with Gasteiger partial charge >= 0.3 is 0 Å². The molecule has 1 amide bonds. The summed E-state index contributed by atoms with van der Waals surface area (Å²) in [5, 5.41) is 1.81. The van der Waals surface area contributed by atoms with Crippen LogP contribution in [0.4, 0.5) is 5.69 Å². The lowest BCUT2D eigenvalue weighted by Crippen LogP contribution is -2.48. The van der Waals surface area contributed by atoms with Crippen LogP contribution in [0.2, 0.25) is 0 Å². The highest BCUT2D eigenvalue weighted by Gasteiger charge is 2.30. The molecule has 0 fully saturated rings. The molecule has 0 bridgehead atoms. The Morgan fingerprint density at radius 1 is 1.40 bits per heavy atom. The first kappa shape index (κ1) is 13.3. The second kappa shape index (κ2) is 5.34. The molecule has 1 atom stereocenters. The molecule has 3 rings (SSSR count). The van der Waals surface area contributed by atoms with E-state index in [9.17, 15) is 4.79 Å². The topological polar surface area (TPSA) is 36.4 Å². The largest absolute Gasteiger partial charge is 0.305 e. The molecule has 5 heteroatoms. The van der Waals surface area contributed by atoms with Gasteiger partial charge < -0.3 is 9.80 Å². The molecule has 0 radical (unpaired) electrons. The fourth-order valence-corrected chi connectivity index (χ4v) is 3.09. The lowest BCUT2D eigenvalue weighted by Gasteiger charge is -2.37. The van der Waals surface area contributed by atoms with E-state index in [0.717, 1.165) is 12.1 Å². The molecule has 0 saturated carbocycles. The van der Waals surface area contributed by atoms with E-state index in [4.69, 9.17) is 0 Å². The summed E-state index contributed by atoms with van der Waals surface area (Å²) < 4.78 is 0. The summed E-state index contributed by atoms with van der Waals surface area (Å²) in [6.07, 6.45) is 0.976. The van der Waals surface area contributed by atoms with Crippen molar-refractivity contribution in [1.82, 2.24) is 9.88 Å². The lowest BCUT2D eigenvalue weighted by atomic mass is 9.97. The van der Waals surface area contributed by atoms with Crippen LogP contribution < -0.4 is 4.90 Å². The third-order valence-corrected chi connectivity index (χ3v) is 4.34. The van der Waals surface area contributed by atoms with E-state index in [1.165, 1.54) is 16.9 Å². The van der Waals surface area contributed by atoms with E-state index in [0.29, 0.717) is 18.3 Å². The Kier molecular flexibility index (Phi) is 3.54. The van der Waals surface area contributed by atoms with Crippen LogP contribution in [0.1, 0.15) is 16.1 Å². The Labute approximate surface area is 122 Å². The van der Waals surface area contributed by atoms with Crippen molar-refractivity contribution >= 4 is 22.9 Å². The molecule has 1 aliphatic rings. The summed E-state index contributed by atoms with van der Waals surface area (Å²) >= 11 is 1.45. The van der Waals surface area contributed by atoms with Crippen LogP contribution in [0, 0.1) is 0 Å². The molecule has 0 aliphatic carbocycles. The van der Waals surface area contributed by atoms with Gasteiger partial charge in [-0.15, -0.1) is 11.3 Å². The van der Waals surface area contributed by atoms with E-state index in [1.54, 1.807) is 5.51 Å². The zero-order valence-corrected chi connectivity index (χ0v) is 12.4. The molecule has 0 saturated heterocycles. The van der Waals surface area contributed by atoms with E-state index in [2.05, 4.69) is 30.0 Å². The van der Waals surface area contributed by atoms with Crippen LogP contribution in [0.3, 0.4) is 0 Å². The highest BCUT2D eigenvalue weighted by atomic mass is 32.1. The predicted octanol–water partition coefficient (Wildman–Crippen LogP) is 2.28. The summed E-state index contributed by atoms with van der Waals surface area (Å²) in [6, 6.07) is 8.48. The average molecular weight is 287 g/mol. The SMILES string of the molecule is CN(C)[C@H]1Cc2ccccc2N(C(=O)c2cscn2)C1. The number of thiazole rings is 1. The molecule has 1 aliphatic heterocycles. The highest BCUT2D eigenvalue weighted by Crippen LogP contribution is 2.29. The van der Waals surface area contributed by atoms with Crippen molar-refractivity contribution in [1.29, 1.82) is 0 Å². The number of rotatable bonds is 2. The van der Waals surface area contributed by atoms with Crippen molar-refractivity contribution in [2.24, 2.45) is 0 Å². The summed E-state index contributed by atoms with van der Waals surface area (Å²) in [4.78, 5) is 20.8. The monoisotopic (exact) mass is 287 g/mol. The number of carbonyl (C=O) groups excluding carboxylic acids is 1. The van der Waals surface area contributed by atoms with Gasteiger partial charge in [0.1, 0.15) is 5.69 Å². The highest BCUT2D eigenvalue weighted by molar-refractivity contribution is 7.07. The first-order chi connectivity index (χ1) is 9.66. The number of para-hydroxylation sites is 1. The fraction of sp³-hybridized carbons (Fsp3) is 0.333. The quantitative estimate of drug-likeness (QED) is 0.850. The molecule has 20 heavy (non-hydrogen) atoms. The second-order valence-corrected chi connectivity index (χ2v) is 5.96. The summed E-state index contributed by atoms with van der Waals surface area (Å²) in [6.45, 7) is 0.709. The number of likely N-dealkylation sites (N-methyl/N-ethyl adjacent to an activating group) is 1. The van der Waals surface area contributed by atoms with Gasteiger partial charge in [0.05, 0.1) is 5.51 Å². The number of fused-ring (bicyclic) bond motifs is 1. The van der Waals surface area contributed by atoms with E-state index >= 15 is 0 Å². The third kappa shape index (κ3) is 2.34. The number of amides is 1. The maximum absolute atomic E-state index is 12.6. The van der Waals surface area contributed by atoms with Gasteiger partial charge in [0.2, 0.25) is 0 Å². The molecule has 1 aromatic heterocycles. The Bertz CT molecular complexity index is 609. The zero-order valence-electron chi connectivity index (χ0n) is 11.6. The smallest absolute Gasteiger partial charge is 0.277 e. The van der Waals surface area contributed by atoms with Crippen LogP contribution in [0.15, 0.2) is 35.2 Å². The number of nitrogens with zero attached hydrogens (tertiary/aromatic N) is 3. The Morgan fingerprint density at radius 2 is 2.20 bits per heavy atom. The van der Waals surface area contributed by atoms with Crippen LogP contribution in [-0.2, 0) is 6.42 Å². The second-order valence-electron chi connectivity index (χ2n) is 5.24. The minimum Gasteiger partial charge on any atom is -0.305 e. The number of hydrogen-bond donors (Lipinski definition) is 0. The Balaban J connectivity index is 1.99.